The quantitative estimate of drug-likeness (QED) is 0.865. The van der Waals surface area contributed by atoms with Gasteiger partial charge < -0.3 is 19.6 Å². The Labute approximate surface area is 164 Å². The second-order valence-corrected chi connectivity index (χ2v) is 4.79. The maximum atomic E-state index is 13.1. The van der Waals surface area contributed by atoms with Gasteiger partial charge in [0, 0.05) is 39.4 Å². The number of hydrogen-bond acceptors (Lipinski definition) is 4. The molecule has 1 N–H and O–H groups in total. The zero-order valence-electron chi connectivity index (χ0n) is 28.3. The molecule has 0 radical (unpaired) electrons. The fourth-order valence-corrected chi connectivity index (χ4v) is 2.11. The van der Waals surface area contributed by atoms with Gasteiger partial charge in [-0.05, 0) is 25.3 Å². The summed E-state index contributed by atoms with van der Waals surface area (Å²) in [6.45, 7) is -10.4. The number of carbonyl (C=O) groups excluding carboxylic acids is 1. The number of anilines is 1. The number of aromatic nitrogens is 3. The fourth-order valence-electron chi connectivity index (χ4n) is 2.11. The summed E-state index contributed by atoms with van der Waals surface area (Å²) in [7, 11) is 0. The molecule has 7 nitrogen and oxygen atoms in total. The third-order valence-corrected chi connectivity index (χ3v) is 3.17. The predicted molar refractivity (Wildman–Crippen MR) is 92.6 cm³/mol. The molecule has 2 aromatic rings. The van der Waals surface area contributed by atoms with Crippen LogP contribution >= 0.6 is 0 Å². The van der Waals surface area contributed by atoms with E-state index in [1.807, 2.05) is 0 Å². The Kier molecular flexibility index (Phi) is 1.55. The van der Waals surface area contributed by atoms with Crippen LogP contribution in [-0.2, 0) is 4.79 Å². The van der Waals surface area contributed by atoms with E-state index in [0.717, 1.165) is 0 Å². The third-order valence-electron chi connectivity index (χ3n) is 3.17. The van der Waals surface area contributed by atoms with Crippen LogP contribution < -0.4 is 4.90 Å². The molecule has 1 saturated heterocycles. The van der Waals surface area contributed by atoms with Gasteiger partial charge in [0.25, 0.3) is 6.50 Å². The molecular weight excluding hydrogens is 304 g/mol. The lowest BCUT2D eigenvalue weighted by Gasteiger charge is -2.41. The van der Waals surface area contributed by atoms with E-state index in [0.29, 0.717) is 0 Å². The van der Waals surface area contributed by atoms with Crippen LogP contribution in [0.5, 0.6) is 0 Å². The molecule has 1 fully saturated rings. The lowest BCUT2D eigenvalue weighted by atomic mass is 9.92. The van der Waals surface area contributed by atoms with Crippen LogP contribution in [0.4, 0.5) is 5.82 Å². The highest BCUT2D eigenvalue weighted by molar-refractivity contribution is 5.88. The zero-order valence-corrected chi connectivity index (χ0v) is 12.3. The van der Waals surface area contributed by atoms with E-state index in [9.17, 15) is 4.79 Å². The van der Waals surface area contributed by atoms with Crippen molar-refractivity contribution >= 4 is 22.8 Å². The highest BCUT2D eigenvalue weighted by Gasteiger charge is 2.33. The summed E-state index contributed by atoms with van der Waals surface area (Å²) >= 11 is 0. The first-order valence-corrected chi connectivity index (χ1v) is 6.62. The number of aromatic amines is 1. The van der Waals surface area contributed by atoms with Gasteiger partial charge in [0.05, 0.1) is 15.5 Å². The van der Waals surface area contributed by atoms with Crippen molar-refractivity contribution in [2.75, 3.05) is 31.4 Å². The molecule has 2 atom stereocenters. The predicted octanol–water partition coefficient (Wildman–Crippen LogP) is 1.86. The molecule has 0 aliphatic carbocycles. The largest absolute Gasteiger partial charge is 0.354 e. The first-order valence-electron chi connectivity index (χ1n) is 14.6. The standard InChI is InChI=1S/C17H22N6O/c1-11-5-6-23(15(24)8-18-3)9-14(11)22(4)17-13-7-12(2)21-16(13)19-10-20-17/h7,10-11,14H,5-6,8-9H2,1-2,4H3,(H,19,20,21)/t11-,14+/m1/s1/i1D3,4D3,5D2,6D2,7D,8D2,9D2,10D. The van der Waals surface area contributed by atoms with Gasteiger partial charge in [-0.2, -0.15) is 0 Å². The Bertz CT molecular complexity index is 1390. The van der Waals surface area contributed by atoms with Gasteiger partial charge >= 0.3 is 5.91 Å². The van der Waals surface area contributed by atoms with Crippen molar-refractivity contribution < 1.29 is 26.7 Å². The second kappa shape index (κ2) is 6.48. The molecule has 1 aliphatic heterocycles. The number of amides is 1. The van der Waals surface area contributed by atoms with Crippen molar-refractivity contribution in [3.8, 4) is 0 Å². The summed E-state index contributed by atoms with van der Waals surface area (Å²) in [5.41, 5.74) is -0.182. The van der Waals surface area contributed by atoms with Crippen molar-refractivity contribution in [2.45, 2.75) is 26.2 Å². The van der Waals surface area contributed by atoms with Crippen molar-refractivity contribution in [1.82, 2.24) is 19.9 Å². The van der Waals surface area contributed by atoms with E-state index in [1.54, 1.807) is 0 Å². The molecule has 24 heavy (non-hydrogen) atoms. The van der Waals surface area contributed by atoms with Crippen LogP contribution in [0.15, 0.2) is 12.3 Å². The first-order chi connectivity index (χ1) is 17.8. The monoisotopic (exact) mass is 342 g/mol. The molecule has 0 saturated carbocycles. The van der Waals surface area contributed by atoms with Crippen LogP contribution in [-0.4, -0.2) is 58.3 Å². The van der Waals surface area contributed by atoms with Gasteiger partial charge in [-0.15, -0.1) is 0 Å². The molecular formula is C17H22N6O. The Balaban J connectivity index is 2.55. The highest BCUT2D eigenvalue weighted by Crippen LogP contribution is 2.29. The van der Waals surface area contributed by atoms with E-state index >= 15 is 0 Å². The third kappa shape index (κ3) is 2.92. The molecule has 7 heteroatoms. The van der Waals surface area contributed by atoms with Gasteiger partial charge in [0.2, 0.25) is 0 Å². The van der Waals surface area contributed by atoms with Crippen LogP contribution in [0.3, 0.4) is 0 Å². The number of nitrogens with zero attached hydrogens (tertiary/aromatic N) is 5. The van der Waals surface area contributed by atoms with Gasteiger partial charge in [-0.3, -0.25) is 4.79 Å². The molecule has 1 amide bonds. The van der Waals surface area contributed by atoms with Crippen molar-refractivity contribution in [3.63, 3.8) is 0 Å². The van der Waals surface area contributed by atoms with Gasteiger partial charge in [-0.25, -0.2) is 16.5 Å². The van der Waals surface area contributed by atoms with Crippen LogP contribution in [0.25, 0.3) is 15.9 Å². The van der Waals surface area contributed by atoms with Crippen molar-refractivity contribution in [1.29, 1.82) is 0 Å². The van der Waals surface area contributed by atoms with Crippen molar-refractivity contribution in [2.24, 2.45) is 5.92 Å². The number of fused-ring (bicyclic) bond motifs is 1. The molecule has 0 unspecified atom stereocenters. The van der Waals surface area contributed by atoms with Crippen LogP contribution in [0.2, 0.25) is 0 Å². The Hall–Kier alpha value is -2.62. The number of hydrogen-bond donors (Lipinski definition) is 1. The average Bonchev–Trinajstić information content (AvgIpc) is 3.02. The second-order valence-electron chi connectivity index (χ2n) is 4.79. The Morgan fingerprint density at radius 2 is 2.62 bits per heavy atom. The van der Waals surface area contributed by atoms with Crippen LogP contribution in [0, 0.1) is 19.4 Å². The molecule has 0 aromatic carbocycles. The van der Waals surface area contributed by atoms with E-state index in [2.05, 4.69) is 19.8 Å². The van der Waals surface area contributed by atoms with Gasteiger partial charge in [0.1, 0.15) is 21.9 Å². The average molecular weight is 343 g/mol. The number of aryl methyl sites for hydroxylation is 1. The minimum Gasteiger partial charge on any atom is -0.354 e. The summed E-state index contributed by atoms with van der Waals surface area (Å²) in [4.78, 5) is 25.0. The number of H-pyrrole nitrogens is 1. The van der Waals surface area contributed by atoms with Crippen LogP contribution in [0.1, 0.15) is 40.9 Å². The summed E-state index contributed by atoms with van der Waals surface area (Å²) in [6.07, 6.45) is -4.67. The van der Waals surface area contributed by atoms with E-state index in [1.165, 1.54) is 6.92 Å². The Morgan fingerprint density at radius 3 is 3.38 bits per heavy atom. The maximum absolute atomic E-state index is 13.1. The van der Waals surface area contributed by atoms with Crippen molar-refractivity contribution in [3.05, 3.63) is 29.5 Å². The first kappa shape index (κ1) is 5.73. The molecule has 2 aromatic heterocycles. The fraction of sp³-hybridized carbons (Fsp3) is 0.529. The summed E-state index contributed by atoms with van der Waals surface area (Å²) < 4.78 is 131. The molecule has 3 heterocycles. The zero-order chi connectivity index (χ0) is 31.2. The summed E-state index contributed by atoms with van der Waals surface area (Å²) in [6, 6.07) is -3.31. The number of likely N-dealkylation sites (tertiary alicyclic amines) is 1. The summed E-state index contributed by atoms with van der Waals surface area (Å²) in [5.74, 6) is -6.01. The number of piperidine rings is 1. The molecule has 0 spiro atoms. The normalized spacial score (nSPS) is 38.6. The summed E-state index contributed by atoms with van der Waals surface area (Å²) in [5, 5.41) is -0.423. The Morgan fingerprint density at radius 1 is 1.75 bits per heavy atom. The molecule has 3 rings (SSSR count). The smallest absolute Gasteiger partial charge is 0.302 e. The SMILES string of the molecule is [2H]c1nc(N([C@@H]2[C@H](C([2H])([2H])[2H])C([2H])([2H])C([2H])([2H])N(C(=O)C([2H])([2H])[N+]#[C-])C2([2H])[2H])C([2H])([2H])[2H])c2c([2H])c(C)[nH]c2n1. The molecule has 0 bridgehead atoms. The lowest BCUT2D eigenvalue weighted by molar-refractivity contribution is -0.130. The van der Waals surface area contributed by atoms with Gasteiger partial charge in [0.15, 0.2) is 0 Å². The minimum atomic E-state index is -3.94. The van der Waals surface area contributed by atoms with E-state index in [4.69, 9.17) is 28.5 Å². The van der Waals surface area contributed by atoms with Gasteiger partial charge in [-0.1, -0.05) is 6.85 Å². The number of rotatable bonds is 3. The number of likely N-dealkylation sites (N-methyl/N-ethyl adjacent to an activating group) is 1. The lowest BCUT2D eigenvalue weighted by Crippen LogP contribution is -2.53. The molecule has 1 aliphatic rings. The van der Waals surface area contributed by atoms with E-state index < -0.39 is 86.0 Å². The minimum absolute atomic E-state index is 0.0157. The maximum Gasteiger partial charge on any atom is 0.302 e. The topological polar surface area (TPSA) is 69.5 Å². The molecule has 126 valence electrons. The number of carbonyl (C=O) groups is 1. The highest BCUT2D eigenvalue weighted by atomic mass is 16.2. The van der Waals surface area contributed by atoms with E-state index in [-0.39, 0.29) is 16.2 Å². The number of nitrogens with one attached hydrogen (secondary N) is 1.